The van der Waals surface area contributed by atoms with Gasteiger partial charge in [0.2, 0.25) is 0 Å². The van der Waals surface area contributed by atoms with Gasteiger partial charge < -0.3 is 0 Å². The lowest BCUT2D eigenvalue weighted by molar-refractivity contribution is -0.123. The van der Waals surface area contributed by atoms with Crippen LogP contribution in [0.3, 0.4) is 0 Å². The largest absolute Gasteiger partial charge is 0.299 e. The molecule has 0 N–H and O–H groups in total. The molecule has 0 heterocycles. The fraction of sp³-hybridized carbons (Fsp3) is 0.611. The Morgan fingerprint density at radius 3 is 2.55 bits per heavy atom. The molecule has 0 atom stereocenters. The molecule has 0 bridgehead atoms. The Labute approximate surface area is 121 Å². The lowest BCUT2D eigenvalue weighted by atomic mass is 9.77. The molecule has 1 aromatic carbocycles. The van der Waals surface area contributed by atoms with Crippen molar-refractivity contribution >= 4 is 5.78 Å². The van der Waals surface area contributed by atoms with Crippen LogP contribution in [0.25, 0.3) is 0 Å². The van der Waals surface area contributed by atoms with Crippen LogP contribution in [-0.4, -0.2) is 5.78 Å². The van der Waals surface area contributed by atoms with Crippen LogP contribution in [-0.2, 0) is 11.2 Å². The maximum Gasteiger partial charge on any atom is 0.140 e. The number of rotatable bonds is 6. The van der Waals surface area contributed by atoms with Crippen molar-refractivity contribution in [1.82, 2.24) is 0 Å². The number of carbonyl (C=O) groups is 1. The number of hydrogen-bond donors (Lipinski definition) is 0. The number of Topliss-reactive ketones (excluding diaryl/α,β-unsaturated/α-hetero) is 1. The second-order valence-electron chi connectivity index (χ2n) is 6.09. The minimum absolute atomic E-state index is 0.160. The summed E-state index contributed by atoms with van der Waals surface area (Å²) in [6.45, 7) is 2.23. The molecule has 110 valence electrons. The Balaban J connectivity index is 1.82. The van der Waals surface area contributed by atoms with Gasteiger partial charge >= 0.3 is 0 Å². The molecule has 0 amide bonds. The number of ketones is 1. The molecule has 0 aliphatic heterocycles. The van der Waals surface area contributed by atoms with Crippen molar-refractivity contribution in [3.05, 3.63) is 35.6 Å². The normalized spacial score (nSPS) is 22.7. The zero-order chi connectivity index (χ0) is 14.4. The number of unbranched alkanes of at least 4 members (excludes halogenated alkanes) is 1. The molecule has 1 aliphatic carbocycles. The predicted octanol–water partition coefficient (Wildman–Crippen LogP) is 4.93. The first kappa shape index (κ1) is 15.2. The summed E-state index contributed by atoms with van der Waals surface area (Å²) in [7, 11) is 0. The van der Waals surface area contributed by atoms with Crippen LogP contribution < -0.4 is 0 Å². The van der Waals surface area contributed by atoms with Crippen molar-refractivity contribution in [3.63, 3.8) is 0 Å². The van der Waals surface area contributed by atoms with E-state index in [4.69, 9.17) is 0 Å². The van der Waals surface area contributed by atoms with Gasteiger partial charge in [-0.1, -0.05) is 44.4 Å². The zero-order valence-electron chi connectivity index (χ0n) is 12.4. The molecule has 0 aromatic heterocycles. The number of benzene rings is 1. The van der Waals surface area contributed by atoms with Crippen LogP contribution in [0.5, 0.6) is 0 Å². The molecule has 1 nitrogen and oxygen atoms in total. The highest BCUT2D eigenvalue weighted by molar-refractivity contribution is 5.83. The van der Waals surface area contributed by atoms with E-state index in [-0.39, 0.29) is 23.9 Å². The van der Waals surface area contributed by atoms with Gasteiger partial charge in [-0.15, -0.1) is 0 Å². The average Bonchev–Trinajstić information content (AvgIpc) is 2.48. The lowest BCUT2D eigenvalue weighted by Crippen LogP contribution is -2.23. The molecule has 0 spiro atoms. The van der Waals surface area contributed by atoms with E-state index in [0.29, 0.717) is 5.56 Å². The fourth-order valence-corrected chi connectivity index (χ4v) is 3.24. The minimum Gasteiger partial charge on any atom is -0.299 e. The van der Waals surface area contributed by atoms with Crippen molar-refractivity contribution in [3.8, 4) is 0 Å². The van der Waals surface area contributed by atoms with Crippen LogP contribution in [0.2, 0.25) is 0 Å². The number of hydrogen-bond acceptors (Lipinski definition) is 1. The molecular weight excluding hydrogens is 251 g/mol. The summed E-state index contributed by atoms with van der Waals surface area (Å²) >= 11 is 0. The van der Waals surface area contributed by atoms with Crippen LogP contribution in [0.1, 0.15) is 57.4 Å². The second kappa shape index (κ2) is 7.56. The van der Waals surface area contributed by atoms with Gasteiger partial charge in [-0.3, -0.25) is 4.79 Å². The van der Waals surface area contributed by atoms with E-state index in [0.717, 1.165) is 18.8 Å². The Bertz CT molecular complexity index is 433. The first-order chi connectivity index (χ1) is 9.70. The summed E-state index contributed by atoms with van der Waals surface area (Å²) in [6, 6.07) is 6.62. The summed E-state index contributed by atoms with van der Waals surface area (Å²) in [6.07, 6.45) is 8.48. The molecule has 0 unspecified atom stereocenters. The smallest absolute Gasteiger partial charge is 0.140 e. The van der Waals surface area contributed by atoms with Crippen LogP contribution >= 0.6 is 0 Å². The highest BCUT2D eigenvalue weighted by Gasteiger charge is 2.26. The van der Waals surface area contributed by atoms with Gasteiger partial charge in [0.1, 0.15) is 11.6 Å². The number of carbonyl (C=O) groups excluding carboxylic acids is 1. The maximum atomic E-state index is 13.6. The van der Waals surface area contributed by atoms with Crippen molar-refractivity contribution in [1.29, 1.82) is 0 Å². The highest BCUT2D eigenvalue weighted by atomic mass is 19.1. The summed E-state index contributed by atoms with van der Waals surface area (Å²) in [5.41, 5.74) is 0.547. The van der Waals surface area contributed by atoms with Crippen LogP contribution in [0.4, 0.5) is 4.39 Å². The van der Waals surface area contributed by atoms with E-state index >= 15 is 0 Å². The van der Waals surface area contributed by atoms with E-state index in [1.165, 1.54) is 38.2 Å². The van der Waals surface area contributed by atoms with E-state index in [1.54, 1.807) is 18.2 Å². The molecule has 1 aromatic rings. The molecule has 0 saturated heterocycles. The molecule has 20 heavy (non-hydrogen) atoms. The molecule has 0 radical (unpaired) electrons. The van der Waals surface area contributed by atoms with Gasteiger partial charge in [-0.2, -0.15) is 0 Å². The fourth-order valence-electron chi connectivity index (χ4n) is 3.24. The van der Waals surface area contributed by atoms with Gasteiger partial charge in [0, 0.05) is 12.3 Å². The molecule has 1 fully saturated rings. The van der Waals surface area contributed by atoms with Crippen molar-refractivity contribution in [2.24, 2.45) is 11.8 Å². The summed E-state index contributed by atoms with van der Waals surface area (Å²) in [5, 5.41) is 0. The SMILES string of the molecule is CCCCC1CCC(C(=O)Cc2ccccc2F)CC1. The van der Waals surface area contributed by atoms with E-state index in [2.05, 4.69) is 6.92 Å². The van der Waals surface area contributed by atoms with Gasteiger partial charge in [-0.25, -0.2) is 4.39 Å². The van der Waals surface area contributed by atoms with Crippen molar-refractivity contribution < 1.29 is 9.18 Å². The third-order valence-electron chi connectivity index (χ3n) is 4.59. The average molecular weight is 276 g/mol. The molecule has 2 rings (SSSR count). The molecule has 1 saturated carbocycles. The lowest BCUT2D eigenvalue weighted by Gasteiger charge is -2.27. The van der Waals surface area contributed by atoms with Crippen molar-refractivity contribution in [2.45, 2.75) is 58.3 Å². The maximum absolute atomic E-state index is 13.6. The second-order valence-corrected chi connectivity index (χ2v) is 6.09. The van der Waals surface area contributed by atoms with E-state index < -0.39 is 0 Å². The third-order valence-corrected chi connectivity index (χ3v) is 4.59. The predicted molar refractivity (Wildman–Crippen MR) is 80.1 cm³/mol. The third kappa shape index (κ3) is 4.16. The first-order valence-electron chi connectivity index (χ1n) is 7.96. The zero-order valence-corrected chi connectivity index (χ0v) is 12.4. The molecular formula is C18H25FO. The minimum atomic E-state index is -0.252. The summed E-state index contributed by atoms with van der Waals surface area (Å²) in [4.78, 5) is 12.3. The van der Waals surface area contributed by atoms with E-state index in [9.17, 15) is 9.18 Å². The Morgan fingerprint density at radius 1 is 1.20 bits per heavy atom. The standard InChI is InChI=1S/C18H25FO/c1-2-3-6-14-9-11-15(12-10-14)18(20)13-16-7-4-5-8-17(16)19/h4-5,7-8,14-15H,2-3,6,9-13H2,1H3. The van der Waals surface area contributed by atoms with E-state index in [1.807, 2.05) is 0 Å². The summed E-state index contributed by atoms with van der Waals surface area (Å²) < 4.78 is 13.6. The molecule has 2 heteroatoms. The molecule has 1 aliphatic rings. The highest BCUT2D eigenvalue weighted by Crippen LogP contribution is 2.33. The Kier molecular flexibility index (Phi) is 5.75. The first-order valence-corrected chi connectivity index (χ1v) is 7.96. The van der Waals surface area contributed by atoms with Crippen LogP contribution in [0, 0.1) is 17.7 Å². The number of halogens is 1. The van der Waals surface area contributed by atoms with Gasteiger partial charge in [0.05, 0.1) is 0 Å². The van der Waals surface area contributed by atoms with Gasteiger partial charge in [-0.05, 0) is 43.2 Å². The Morgan fingerprint density at radius 2 is 1.90 bits per heavy atom. The monoisotopic (exact) mass is 276 g/mol. The Hall–Kier alpha value is -1.18. The van der Waals surface area contributed by atoms with Crippen molar-refractivity contribution in [2.75, 3.05) is 0 Å². The topological polar surface area (TPSA) is 17.1 Å². The van der Waals surface area contributed by atoms with Crippen LogP contribution in [0.15, 0.2) is 24.3 Å². The van der Waals surface area contributed by atoms with Gasteiger partial charge in [0.15, 0.2) is 0 Å². The quantitative estimate of drug-likeness (QED) is 0.719. The van der Waals surface area contributed by atoms with Gasteiger partial charge in [0.25, 0.3) is 0 Å². The summed E-state index contributed by atoms with van der Waals surface area (Å²) in [5.74, 6) is 0.946.